The molecule has 0 radical (unpaired) electrons. The number of piperidine rings is 1. The molecule has 0 bridgehead atoms. The minimum atomic E-state index is -0.239. The van der Waals surface area contributed by atoms with Crippen molar-refractivity contribution in [3.63, 3.8) is 0 Å². The third-order valence-electron chi connectivity index (χ3n) is 3.34. The van der Waals surface area contributed by atoms with Gasteiger partial charge in [-0.1, -0.05) is 0 Å². The van der Waals surface area contributed by atoms with Gasteiger partial charge in [0.2, 0.25) is 0 Å². The van der Waals surface area contributed by atoms with Crippen LogP contribution in [0.25, 0.3) is 11.3 Å². The fourth-order valence-corrected chi connectivity index (χ4v) is 2.29. The molecule has 0 aliphatic carbocycles. The molecular formula is C14H15FN2O. The van der Waals surface area contributed by atoms with Gasteiger partial charge < -0.3 is 9.73 Å². The Hall–Kier alpha value is -1.68. The van der Waals surface area contributed by atoms with Gasteiger partial charge in [-0.3, -0.25) is 0 Å². The Balaban J connectivity index is 1.82. The highest BCUT2D eigenvalue weighted by molar-refractivity contribution is 5.55. The molecule has 1 aliphatic heterocycles. The average molecular weight is 246 g/mol. The molecule has 4 heteroatoms. The number of hydrogen-bond donors (Lipinski definition) is 1. The fraction of sp³-hybridized carbons (Fsp3) is 0.357. The van der Waals surface area contributed by atoms with Crippen molar-refractivity contribution in [2.75, 3.05) is 13.1 Å². The van der Waals surface area contributed by atoms with Crippen LogP contribution >= 0.6 is 0 Å². The molecular weight excluding hydrogens is 231 g/mol. The number of benzene rings is 1. The van der Waals surface area contributed by atoms with E-state index in [0.29, 0.717) is 11.7 Å². The van der Waals surface area contributed by atoms with Crippen molar-refractivity contribution in [1.82, 2.24) is 10.3 Å². The van der Waals surface area contributed by atoms with E-state index in [1.807, 2.05) is 0 Å². The molecule has 94 valence electrons. The van der Waals surface area contributed by atoms with Gasteiger partial charge in [-0.05, 0) is 50.2 Å². The monoisotopic (exact) mass is 246 g/mol. The molecule has 0 amide bonds. The first-order valence-corrected chi connectivity index (χ1v) is 6.25. The number of rotatable bonds is 2. The minimum absolute atomic E-state index is 0.239. The van der Waals surface area contributed by atoms with E-state index in [9.17, 15) is 4.39 Å². The van der Waals surface area contributed by atoms with Crippen LogP contribution < -0.4 is 5.32 Å². The number of aromatic nitrogens is 1. The second-order valence-electron chi connectivity index (χ2n) is 4.59. The fourth-order valence-electron chi connectivity index (χ4n) is 2.29. The van der Waals surface area contributed by atoms with E-state index in [1.54, 1.807) is 18.3 Å². The summed E-state index contributed by atoms with van der Waals surface area (Å²) in [5.41, 5.74) is 0.865. The second-order valence-corrected chi connectivity index (χ2v) is 4.59. The van der Waals surface area contributed by atoms with E-state index in [-0.39, 0.29) is 5.82 Å². The zero-order valence-corrected chi connectivity index (χ0v) is 10.0. The van der Waals surface area contributed by atoms with Crippen LogP contribution in [0.3, 0.4) is 0 Å². The van der Waals surface area contributed by atoms with Crippen molar-refractivity contribution < 1.29 is 8.81 Å². The lowest BCUT2D eigenvalue weighted by molar-refractivity contribution is 0.378. The molecule has 18 heavy (non-hydrogen) atoms. The number of hydrogen-bond acceptors (Lipinski definition) is 3. The molecule has 1 aliphatic rings. The second kappa shape index (κ2) is 4.90. The Morgan fingerprint density at radius 2 is 1.89 bits per heavy atom. The Morgan fingerprint density at radius 3 is 2.61 bits per heavy atom. The predicted molar refractivity (Wildman–Crippen MR) is 66.7 cm³/mol. The van der Waals surface area contributed by atoms with Gasteiger partial charge >= 0.3 is 0 Å². The van der Waals surface area contributed by atoms with Gasteiger partial charge in [-0.2, -0.15) is 0 Å². The van der Waals surface area contributed by atoms with Crippen molar-refractivity contribution >= 4 is 0 Å². The van der Waals surface area contributed by atoms with Gasteiger partial charge in [-0.25, -0.2) is 9.37 Å². The Labute approximate surface area is 105 Å². The molecule has 2 aromatic rings. The molecule has 1 aromatic carbocycles. The van der Waals surface area contributed by atoms with Crippen LogP contribution in [0, 0.1) is 5.82 Å². The van der Waals surface area contributed by atoms with Crippen molar-refractivity contribution in [2.24, 2.45) is 0 Å². The highest BCUT2D eigenvalue weighted by Crippen LogP contribution is 2.28. The SMILES string of the molecule is Fc1ccc(-c2cnc(C3CCNCC3)o2)cc1. The van der Waals surface area contributed by atoms with Crippen LogP contribution in [0.1, 0.15) is 24.7 Å². The molecule has 0 atom stereocenters. The molecule has 1 aromatic heterocycles. The summed E-state index contributed by atoms with van der Waals surface area (Å²) in [6, 6.07) is 6.29. The van der Waals surface area contributed by atoms with Crippen LogP contribution in [0.4, 0.5) is 4.39 Å². The first kappa shape index (κ1) is 11.4. The maximum absolute atomic E-state index is 12.8. The summed E-state index contributed by atoms with van der Waals surface area (Å²) in [4.78, 5) is 4.35. The van der Waals surface area contributed by atoms with Gasteiger partial charge in [0.25, 0.3) is 0 Å². The van der Waals surface area contributed by atoms with E-state index in [0.717, 1.165) is 37.4 Å². The summed E-state index contributed by atoms with van der Waals surface area (Å²) in [5, 5.41) is 3.32. The third-order valence-corrected chi connectivity index (χ3v) is 3.34. The highest BCUT2D eigenvalue weighted by Gasteiger charge is 2.20. The maximum atomic E-state index is 12.8. The van der Waals surface area contributed by atoms with E-state index in [1.165, 1.54) is 12.1 Å². The Kier molecular flexibility index (Phi) is 3.11. The van der Waals surface area contributed by atoms with Crippen LogP contribution in [-0.4, -0.2) is 18.1 Å². The first-order chi connectivity index (χ1) is 8.83. The largest absolute Gasteiger partial charge is 0.440 e. The summed E-state index contributed by atoms with van der Waals surface area (Å²) in [7, 11) is 0. The number of halogens is 1. The van der Waals surface area contributed by atoms with Crippen LogP contribution in [0.15, 0.2) is 34.9 Å². The molecule has 3 nitrogen and oxygen atoms in total. The van der Waals surface area contributed by atoms with Crippen molar-refractivity contribution in [2.45, 2.75) is 18.8 Å². The van der Waals surface area contributed by atoms with Gasteiger partial charge in [0.05, 0.1) is 6.20 Å². The minimum Gasteiger partial charge on any atom is -0.440 e. The van der Waals surface area contributed by atoms with E-state index in [2.05, 4.69) is 10.3 Å². The Morgan fingerprint density at radius 1 is 1.17 bits per heavy atom. The third kappa shape index (κ3) is 2.29. The lowest BCUT2D eigenvalue weighted by Gasteiger charge is -2.19. The zero-order valence-electron chi connectivity index (χ0n) is 10.0. The zero-order chi connectivity index (χ0) is 12.4. The van der Waals surface area contributed by atoms with E-state index >= 15 is 0 Å². The number of nitrogens with zero attached hydrogens (tertiary/aromatic N) is 1. The lowest BCUT2D eigenvalue weighted by Crippen LogP contribution is -2.26. The van der Waals surface area contributed by atoms with Crippen LogP contribution in [-0.2, 0) is 0 Å². The molecule has 0 unspecified atom stereocenters. The van der Waals surface area contributed by atoms with Crippen molar-refractivity contribution in [1.29, 1.82) is 0 Å². The normalized spacial score (nSPS) is 16.9. The highest BCUT2D eigenvalue weighted by atomic mass is 19.1. The molecule has 0 saturated carbocycles. The van der Waals surface area contributed by atoms with Gasteiger partial charge in [-0.15, -0.1) is 0 Å². The summed E-state index contributed by atoms with van der Waals surface area (Å²) in [6.07, 6.45) is 3.84. The molecule has 2 heterocycles. The lowest BCUT2D eigenvalue weighted by atomic mass is 9.98. The molecule has 3 rings (SSSR count). The quantitative estimate of drug-likeness (QED) is 0.885. The molecule has 1 N–H and O–H groups in total. The summed E-state index contributed by atoms with van der Waals surface area (Å²) >= 11 is 0. The van der Waals surface area contributed by atoms with E-state index in [4.69, 9.17) is 4.42 Å². The molecule has 1 saturated heterocycles. The predicted octanol–water partition coefficient (Wildman–Crippen LogP) is 2.95. The van der Waals surface area contributed by atoms with Crippen LogP contribution in [0.2, 0.25) is 0 Å². The van der Waals surface area contributed by atoms with Crippen molar-refractivity contribution in [3.05, 3.63) is 42.2 Å². The topological polar surface area (TPSA) is 38.1 Å². The number of oxazole rings is 1. The summed E-state index contributed by atoms with van der Waals surface area (Å²) in [5.74, 6) is 1.68. The smallest absolute Gasteiger partial charge is 0.198 e. The van der Waals surface area contributed by atoms with Crippen LogP contribution in [0.5, 0.6) is 0 Å². The summed E-state index contributed by atoms with van der Waals surface area (Å²) < 4.78 is 18.6. The van der Waals surface area contributed by atoms with E-state index < -0.39 is 0 Å². The molecule has 1 fully saturated rings. The maximum Gasteiger partial charge on any atom is 0.198 e. The Bertz CT molecular complexity index is 515. The van der Waals surface area contributed by atoms with Gasteiger partial charge in [0, 0.05) is 11.5 Å². The average Bonchev–Trinajstić information content (AvgIpc) is 2.90. The summed E-state index contributed by atoms with van der Waals surface area (Å²) in [6.45, 7) is 2.03. The molecule has 0 spiro atoms. The number of nitrogens with one attached hydrogen (secondary N) is 1. The van der Waals surface area contributed by atoms with Gasteiger partial charge in [0.15, 0.2) is 11.7 Å². The standard InChI is InChI=1S/C14H15FN2O/c15-12-3-1-10(2-4-12)13-9-17-14(18-13)11-5-7-16-8-6-11/h1-4,9,11,16H,5-8H2. The first-order valence-electron chi connectivity index (χ1n) is 6.25. The van der Waals surface area contributed by atoms with Crippen molar-refractivity contribution in [3.8, 4) is 11.3 Å². The van der Waals surface area contributed by atoms with Gasteiger partial charge in [0.1, 0.15) is 5.82 Å².